The predicted molar refractivity (Wildman–Crippen MR) is 73.4 cm³/mol. The van der Waals surface area contributed by atoms with Crippen molar-refractivity contribution >= 4 is 11.9 Å². The number of phenols is 1. The summed E-state index contributed by atoms with van der Waals surface area (Å²) in [5.74, 6) is -0.787. The van der Waals surface area contributed by atoms with E-state index in [2.05, 4.69) is 0 Å². The maximum absolute atomic E-state index is 12.2. The Morgan fingerprint density at radius 1 is 1.40 bits per heavy atom. The van der Waals surface area contributed by atoms with Crippen LogP contribution in [0.4, 0.5) is 0 Å². The number of aliphatic carboxylic acids is 1. The first-order valence-electron chi connectivity index (χ1n) is 6.76. The molecule has 0 spiro atoms. The highest BCUT2D eigenvalue weighted by atomic mass is 16.4. The molecule has 5 heteroatoms. The lowest BCUT2D eigenvalue weighted by Crippen LogP contribution is -2.37. The van der Waals surface area contributed by atoms with Crippen LogP contribution in [0.2, 0.25) is 0 Å². The Labute approximate surface area is 117 Å². The Hall–Kier alpha value is -2.04. The first kappa shape index (κ1) is 14.4. The molecule has 1 aliphatic rings. The van der Waals surface area contributed by atoms with Crippen LogP contribution >= 0.6 is 0 Å². The molecule has 2 rings (SSSR count). The first-order chi connectivity index (χ1) is 9.47. The second kappa shape index (κ2) is 5.53. The summed E-state index contributed by atoms with van der Waals surface area (Å²) in [5, 5.41) is 18.7. The SMILES string of the molecule is CCC1(C(=O)O)CCN(C(=O)Cc2cccc(O)c2)C1. The average molecular weight is 277 g/mol. The number of carbonyl (C=O) groups is 2. The van der Waals surface area contributed by atoms with E-state index < -0.39 is 11.4 Å². The van der Waals surface area contributed by atoms with Gasteiger partial charge in [-0.3, -0.25) is 9.59 Å². The largest absolute Gasteiger partial charge is 0.508 e. The van der Waals surface area contributed by atoms with Gasteiger partial charge in [0.25, 0.3) is 0 Å². The van der Waals surface area contributed by atoms with Gasteiger partial charge in [0.2, 0.25) is 5.91 Å². The zero-order chi connectivity index (χ0) is 14.8. The zero-order valence-corrected chi connectivity index (χ0v) is 11.5. The van der Waals surface area contributed by atoms with E-state index in [-0.39, 0.29) is 24.6 Å². The van der Waals surface area contributed by atoms with E-state index in [4.69, 9.17) is 0 Å². The summed E-state index contributed by atoms with van der Waals surface area (Å²) in [5.41, 5.74) is -0.0617. The third kappa shape index (κ3) is 2.76. The number of carbonyl (C=O) groups excluding carboxylic acids is 1. The van der Waals surface area contributed by atoms with Crippen molar-refractivity contribution in [2.24, 2.45) is 5.41 Å². The normalized spacial score (nSPS) is 21.9. The second-order valence-corrected chi connectivity index (χ2v) is 5.35. The van der Waals surface area contributed by atoms with Crippen LogP contribution < -0.4 is 0 Å². The Balaban J connectivity index is 2.03. The van der Waals surface area contributed by atoms with Crippen molar-refractivity contribution in [1.82, 2.24) is 4.90 Å². The molecular weight excluding hydrogens is 258 g/mol. The molecule has 0 bridgehead atoms. The maximum Gasteiger partial charge on any atom is 0.311 e. The molecule has 1 fully saturated rings. The Morgan fingerprint density at radius 2 is 2.15 bits per heavy atom. The molecule has 1 atom stereocenters. The van der Waals surface area contributed by atoms with Gasteiger partial charge >= 0.3 is 5.97 Å². The zero-order valence-electron chi connectivity index (χ0n) is 11.5. The first-order valence-corrected chi connectivity index (χ1v) is 6.76. The molecule has 0 radical (unpaired) electrons. The number of hydrogen-bond donors (Lipinski definition) is 2. The third-order valence-electron chi connectivity index (χ3n) is 4.10. The van der Waals surface area contributed by atoms with E-state index in [1.165, 1.54) is 0 Å². The summed E-state index contributed by atoms with van der Waals surface area (Å²) in [6.07, 6.45) is 1.22. The summed E-state index contributed by atoms with van der Waals surface area (Å²) in [7, 11) is 0. The lowest BCUT2D eigenvalue weighted by Gasteiger charge is -2.23. The smallest absolute Gasteiger partial charge is 0.311 e. The fourth-order valence-electron chi connectivity index (χ4n) is 2.65. The van der Waals surface area contributed by atoms with E-state index in [9.17, 15) is 19.8 Å². The van der Waals surface area contributed by atoms with Gasteiger partial charge in [-0.2, -0.15) is 0 Å². The summed E-state index contributed by atoms with van der Waals surface area (Å²) >= 11 is 0. The van der Waals surface area contributed by atoms with Crippen molar-refractivity contribution in [2.75, 3.05) is 13.1 Å². The number of aromatic hydroxyl groups is 1. The summed E-state index contributed by atoms with van der Waals surface area (Å²) in [4.78, 5) is 25.2. The molecule has 2 N–H and O–H groups in total. The van der Waals surface area contributed by atoms with Crippen LogP contribution in [0.1, 0.15) is 25.3 Å². The number of carboxylic acid groups (broad SMARTS) is 1. The molecule has 1 heterocycles. The molecule has 1 aliphatic heterocycles. The van der Waals surface area contributed by atoms with E-state index in [0.717, 1.165) is 5.56 Å². The van der Waals surface area contributed by atoms with Gasteiger partial charge in [-0.15, -0.1) is 0 Å². The van der Waals surface area contributed by atoms with Gasteiger partial charge < -0.3 is 15.1 Å². The lowest BCUT2D eigenvalue weighted by atomic mass is 9.84. The highest BCUT2D eigenvalue weighted by molar-refractivity contribution is 5.82. The number of carboxylic acids is 1. The molecule has 1 unspecified atom stereocenters. The van der Waals surface area contributed by atoms with Crippen molar-refractivity contribution in [3.8, 4) is 5.75 Å². The number of hydrogen-bond acceptors (Lipinski definition) is 3. The van der Waals surface area contributed by atoms with Crippen molar-refractivity contribution in [2.45, 2.75) is 26.2 Å². The molecule has 108 valence electrons. The van der Waals surface area contributed by atoms with Crippen LogP contribution in [0.25, 0.3) is 0 Å². The van der Waals surface area contributed by atoms with Crippen molar-refractivity contribution < 1.29 is 19.8 Å². The molecule has 0 aliphatic carbocycles. The number of phenolic OH excluding ortho intramolecular Hbond substituents is 1. The Bertz CT molecular complexity index is 528. The summed E-state index contributed by atoms with van der Waals surface area (Å²) in [6.45, 7) is 2.60. The second-order valence-electron chi connectivity index (χ2n) is 5.35. The average Bonchev–Trinajstić information content (AvgIpc) is 2.84. The number of nitrogens with zero attached hydrogens (tertiary/aromatic N) is 1. The lowest BCUT2D eigenvalue weighted by molar-refractivity contribution is -0.148. The van der Waals surface area contributed by atoms with Gasteiger partial charge in [0.05, 0.1) is 11.8 Å². The van der Waals surface area contributed by atoms with E-state index in [1.807, 2.05) is 6.92 Å². The molecule has 1 amide bonds. The van der Waals surface area contributed by atoms with Crippen LogP contribution in [0.15, 0.2) is 24.3 Å². The van der Waals surface area contributed by atoms with Crippen molar-refractivity contribution in [3.05, 3.63) is 29.8 Å². The minimum Gasteiger partial charge on any atom is -0.508 e. The highest BCUT2D eigenvalue weighted by Crippen LogP contribution is 2.34. The maximum atomic E-state index is 12.2. The van der Waals surface area contributed by atoms with Crippen LogP contribution in [0, 0.1) is 5.41 Å². The third-order valence-corrected chi connectivity index (χ3v) is 4.10. The number of rotatable bonds is 4. The molecule has 1 aromatic carbocycles. The van der Waals surface area contributed by atoms with Gasteiger partial charge in [-0.1, -0.05) is 19.1 Å². The van der Waals surface area contributed by atoms with Gasteiger partial charge in [0, 0.05) is 13.1 Å². The molecule has 1 saturated heterocycles. The Kier molecular flexibility index (Phi) is 3.97. The highest BCUT2D eigenvalue weighted by Gasteiger charge is 2.44. The van der Waals surface area contributed by atoms with Gasteiger partial charge in [-0.05, 0) is 30.5 Å². The monoisotopic (exact) mass is 277 g/mol. The Morgan fingerprint density at radius 3 is 2.70 bits per heavy atom. The molecule has 5 nitrogen and oxygen atoms in total. The molecule has 0 aromatic heterocycles. The molecule has 20 heavy (non-hydrogen) atoms. The van der Waals surface area contributed by atoms with Gasteiger partial charge in [0.1, 0.15) is 5.75 Å². The predicted octanol–water partition coefficient (Wildman–Crippen LogP) is 1.65. The minimum atomic E-state index is -0.826. The van der Waals surface area contributed by atoms with E-state index in [0.29, 0.717) is 19.4 Å². The van der Waals surface area contributed by atoms with Crippen LogP contribution in [-0.2, 0) is 16.0 Å². The standard InChI is InChI=1S/C15H19NO4/c1-2-15(14(19)20)6-7-16(10-15)13(18)9-11-4-3-5-12(17)8-11/h3-5,8,17H,2,6-7,9-10H2,1H3,(H,19,20). The molecule has 1 aromatic rings. The quantitative estimate of drug-likeness (QED) is 0.877. The number of likely N-dealkylation sites (tertiary alicyclic amines) is 1. The van der Waals surface area contributed by atoms with Crippen molar-refractivity contribution in [1.29, 1.82) is 0 Å². The fraction of sp³-hybridized carbons (Fsp3) is 0.467. The van der Waals surface area contributed by atoms with Crippen LogP contribution in [0.3, 0.4) is 0 Å². The number of benzene rings is 1. The minimum absolute atomic E-state index is 0.0906. The van der Waals surface area contributed by atoms with E-state index in [1.54, 1.807) is 29.2 Å². The van der Waals surface area contributed by atoms with E-state index >= 15 is 0 Å². The number of amides is 1. The topological polar surface area (TPSA) is 77.8 Å². The molecular formula is C15H19NO4. The van der Waals surface area contributed by atoms with Gasteiger partial charge in [0.15, 0.2) is 0 Å². The molecule has 0 saturated carbocycles. The summed E-state index contributed by atoms with van der Waals surface area (Å²) in [6, 6.07) is 6.57. The summed E-state index contributed by atoms with van der Waals surface area (Å²) < 4.78 is 0. The fourth-order valence-corrected chi connectivity index (χ4v) is 2.65. The van der Waals surface area contributed by atoms with Crippen molar-refractivity contribution in [3.63, 3.8) is 0 Å². The van der Waals surface area contributed by atoms with Crippen LogP contribution in [0.5, 0.6) is 5.75 Å². The van der Waals surface area contributed by atoms with Gasteiger partial charge in [-0.25, -0.2) is 0 Å². The van der Waals surface area contributed by atoms with Crippen LogP contribution in [-0.4, -0.2) is 40.1 Å².